The largest absolute Gasteiger partial charge is 0.439 e. The quantitative estimate of drug-likeness (QED) is 0.849. The van der Waals surface area contributed by atoms with Gasteiger partial charge in [-0.2, -0.15) is 30.2 Å². The van der Waals surface area contributed by atoms with Crippen LogP contribution in [0.15, 0.2) is 42.6 Å². The molecular weight excluding hydrogens is 379 g/mol. The molecule has 1 amide bonds. The molecule has 1 aliphatic heterocycles. The van der Waals surface area contributed by atoms with Crippen molar-refractivity contribution in [2.75, 3.05) is 11.5 Å². The number of nitriles is 1. The molecule has 1 saturated heterocycles. The molecular formula is C18H14F3N3O2S. The van der Waals surface area contributed by atoms with E-state index in [1.54, 1.807) is 11.8 Å². The highest BCUT2D eigenvalue weighted by Crippen LogP contribution is 2.30. The monoisotopic (exact) mass is 393 g/mol. The Balaban J connectivity index is 1.65. The summed E-state index contributed by atoms with van der Waals surface area (Å²) in [6.45, 7) is 0. The Labute approximate surface area is 157 Å². The number of pyridine rings is 1. The van der Waals surface area contributed by atoms with Crippen LogP contribution >= 0.6 is 11.8 Å². The second kappa shape index (κ2) is 7.48. The van der Waals surface area contributed by atoms with Crippen molar-refractivity contribution in [3.8, 4) is 17.7 Å². The van der Waals surface area contributed by atoms with E-state index in [1.165, 1.54) is 24.3 Å². The number of hydrogen-bond acceptors (Lipinski definition) is 5. The number of thioether (sulfide) groups is 1. The van der Waals surface area contributed by atoms with Crippen LogP contribution in [0, 0.1) is 11.3 Å². The Kier molecular flexibility index (Phi) is 5.28. The van der Waals surface area contributed by atoms with Gasteiger partial charge in [0.1, 0.15) is 11.3 Å². The third kappa shape index (κ3) is 4.52. The SMILES string of the molecule is N#CC1(NC(=O)c2ccc(Oc3ccc(C(F)(F)F)cn3)cc2)CCSC1. The van der Waals surface area contributed by atoms with Crippen LogP contribution in [0.25, 0.3) is 0 Å². The van der Waals surface area contributed by atoms with Crippen molar-refractivity contribution in [2.45, 2.75) is 18.1 Å². The molecule has 3 rings (SSSR count). The first-order chi connectivity index (χ1) is 12.8. The summed E-state index contributed by atoms with van der Waals surface area (Å²) < 4.78 is 43.0. The van der Waals surface area contributed by atoms with Crippen molar-refractivity contribution in [1.29, 1.82) is 5.26 Å². The van der Waals surface area contributed by atoms with Crippen LogP contribution in [0.5, 0.6) is 11.6 Å². The summed E-state index contributed by atoms with van der Waals surface area (Å²) in [5.74, 6) is 1.34. The van der Waals surface area contributed by atoms with E-state index in [2.05, 4.69) is 16.4 Å². The van der Waals surface area contributed by atoms with E-state index < -0.39 is 17.3 Å². The van der Waals surface area contributed by atoms with Crippen molar-refractivity contribution in [3.63, 3.8) is 0 Å². The Morgan fingerprint density at radius 2 is 2.00 bits per heavy atom. The van der Waals surface area contributed by atoms with Gasteiger partial charge in [-0.3, -0.25) is 4.79 Å². The van der Waals surface area contributed by atoms with Gasteiger partial charge in [0.15, 0.2) is 0 Å². The topological polar surface area (TPSA) is 75.0 Å². The lowest BCUT2D eigenvalue weighted by Crippen LogP contribution is -2.47. The smallest absolute Gasteiger partial charge is 0.417 e. The van der Waals surface area contributed by atoms with Crippen LogP contribution < -0.4 is 10.1 Å². The van der Waals surface area contributed by atoms with Crippen LogP contribution in [0.3, 0.4) is 0 Å². The molecule has 5 nitrogen and oxygen atoms in total. The van der Waals surface area contributed by atoms with Crippen molar-refractivity contribution in [3.05, 3.63) is 53.7 Å². The molecule has 1 fully saturated rings. The van der Waals surface area contributed by atoms with Crippen molar-refractivity contribution >= 4 is 17.7 Å². The number of rotatable bonds is 4. The number of benzene rings is 1. The highest BCUT2D eigenvalue weighted by molar-refractivity contribution is 7.99. The van der Waals surface area contributed by atoms with Gasteiger partial charge in [0.05, 0.1) is 11.6 Å². The van der Waals surface area contributed by atoms with Gasteiger partial charge < -0.3 is 10.1 Å². The Morgan fingerprint density at radius 1 is 1.26 bits per heavy atom. The van der Waals surface area contributed by atoms with Crippen LogP contribution in [0.2, 0.25) is 0 Å². The van der Waals surface area contributed by atoms with Crippen LogP contribution in [-0.2, 0) is 6.18 Å². The number of nitrogens with one attached hydrogen (secondary N) is 1. The Bertz CT molecular complexity index is 855. The number of hydrogen-bond donors (Lipinski definition) is 1. The minimum atomic E-state index is -4.46. The van der Waals surface area contributed by atoms with E-state index in [1.807, 2.05) is 0 Å². The molecule has 2 heterocycles. The van der Waals surface area contributed by atoms with Gasteiger partial charge in [-0.05, 0) is 42.5 Å². The van der Waals surface area contributed by atoms with E-state index in [9.17, 15) is 23.2 Å². The highest BCUT2D eigenvalue weighted by Gasteiger charge is 2.36. The number of halogens is 3. The third-order valence-corrected chi connectivity index (χ3v) is 5.18. The van der Waals surface area contributed by atoms with Gasteiger partial charge in [-0.25, -0.2) is 4.98 Å². The number of amides is 1. The van der Waals surface area contributed by atoms with Crippen molar-refractivity contribution in [2.24, 2.45) is 0 Å². The maximum Gasteiger partial charge on any atom is 0.417 e. The number of carbonyl (C=O) groups is 1. The average molecular weight is 393 g/mol. The first-order valence-electron chi connectivity index (χ1n) is 7.94. The van der Waals surface area contributed by atoms with Crippen LogP contribution in [0.1, 0.15) is 22.3 Å². The summed E-state index contributed by atoms with van der Waals surface area (Å²) in [4.78, 5) is 16.0. The maximum absolute atomic E-state index is 12.5. The number of nitrogens with zero attached hydrogens (tertiary/aromatic N) is 2. The molecule has 1 N–H and O–H groups in total. The fourth-order valence-corrected chi connectivity index (χ4v) is 3.74. The third-order valence-electron chi connectivity index (χ3n) is 3.99. The summed E-state index contributed by atoms with van der Waals surface area (Å²) in [6.07, 6.45) is -3.17. The van der Waals surface area contributed by atoms with Gasteiger partial charge in [-0.1, -0.05) is 0 Å². The molecule has 27 heavy (non-hydrogen) atoms. The average Bonchev–Trinajstić information content (AvgIpc) is 3.11. The first-order valence-corrected chi connectivity index (χ1v) is 9.09. The molecule has 0 bridgehead atoms. The minimum Gasteiger partial charge on any atom is -0.439 e. The fraction of sp³-hybridized carbons (Fsp3) is 0.278. The summed E-state index contributed by atoms with van der Waals surface area (Å²) >= 11 is 1.61. The molecule has 0 aliphatic carbocycles. The summed E-state index contributed by atoms with van der Waals surface area (Å²) in [5, 5.41) is 12.1. The highest BCUT2D eigenvalue weighted by atomic mass is 32.2. The standard InChI is InChI=1S/C18H14F3N3O2S/c19-18(20,21)13-3-6-15(23-9-13)26-14-4-1-12(2-5-14)16(25)24-17(10-22)7-8-27-11-17/h1-6,9H,7-8,11H2,(H,24,25). The van der Waals surface area contributed by atoms with E-state index in [-0.39, 0.29) is 11.8 Å². The fourth-order valence-electron chi connectivity index (χ4n) is 2.47. The maximum atomic E-state index is 12.5. The first kappa shape index (κ1) is 19.0. The zero-order valence-corrected chi connectivity index (χ0v) is 14.7. The predicted octanol–water partition coefficient (Wildman–Crippen LogP) is 4.02. The summed E-state index contributed by atoms with van der Waals surface area (Å²) in [7, 11) is 0. The van der Waals surface area contributed by atoms with E-state index in [0.717, 1.165) is 17.9 Å². The number of ether oxygens (including phenoxy) is 1. The summed E-state index contributed by atoms with van der Waals surface area (Å²) in [5.41, 5.74) is -1.35. The minimum absolute atomic E-state index is 0.00613. The summed E-state index contributed by atoms with van der Waals surface area (Å²) in [6, 6.07) is 10.2. The predicted molar refractivity (Wildman–Crippen MR) is 93.5 cm³/mol. The molecule has 0 radical (unpaired) electrons. The Hall–Kier alpha value is -2.73. The van der Waals surface area contributed by atoms with Gasteiger partial charge >= 0.3 is 6.18 Å². The second-order valence-corrected chi connectivity index (χ2v) is 7.07. The molecule has 2 aromatic rings. The second-order valence-electron chi connectivity index (χ2n) is 5.96. The molecule has 0 spiro atoms. The van der Waals surface area contributed by atoms with Crippen LogP contribution in [-0.4, -0.2) is 27.9 Å². The molecule has 0 saturated carbocycles. The molecule has 1 aliphatic rings. The normalized spacial score (nSPS) is 19.3. The molecule has 1 atom stereocenters. The van der Waals surface area contributed by atoms with Crippen molar-refractivity contribution in [1.82, 2.24) is 10.3 Å². The van der Waals surface area contributed by atoms with E-state index in [4.69, 9.17) is 4.74 Å². The van der Waals surface area contributed by atoms with Gasteiger partial charge in [-0.15, -0.1) is 0 Å². The molecule has 1 unspecified atom stereocenters. The lowest BCUT2D eigenvalue weighted by molar-refractivity contribution is -0.137. The van der Waals surface area contributed by atoms with Crippen LogP contribution in [0.4, 0.5) is 13.2 Å². The number of aromatic nitrogens is 1. The lowest BCUT2D eigenvalue weighted by Gasteiger charge is -2.21. The molecule has 1 aromatic heterocycles. The number of carbonyl (C=O) groups excluding carboxylic acids is 1. The van der Waals surface area contributed by atoms with Crippen molar-refractivity contribution < 1.29 is 22.7 Å². The van der Waals surface area contributed by atoms with Gasteiger partial charge in [0.25, 0.3) is 5.91 Å². The van der Waals surface area contributed by atoms with Gasteiger partial charge in [0.2, 0.25) is 5.88 Å². The zero-order chi connectivity index (χ0) is 19.5. The Morgan fingerprint density at radius 3 is 2.52 bits per heavy atom. The van der Waals surface area contributed by atoms with E-state index in [0.29, 0.717) is 29.7 Å². The molecule has 140 valence electrons. The van der Waals surface area contributed by atoms with E-state index >= 15 is 0 Å². The number of alkyl halides is 3. The molecule has 1 aromatic carbocycles. The molecule has 9 heteroatoms. The zero-order valence-electron chi connectivity index (χ0n) is 13.9. The lowest BCUT2D eigenvalue weighted by atomic mass is 10.0. The van der Waals surface area contributed by atoms with Gasteiger partial charge in [0, 0.05) is 23.6 Å².